The molecule has 0 radical (unpaired) electrons. The van der Waals surface area contributed by atoms with Gasteiger partial charge in [-0.25, -0.2) is 14.3 Å². The molecule has 0 aromatic carbocycles. The molecular formula is C45H71N3O15. The molecule has 0 bridgehead atoms. The predicted octanol–water partition coefficient (Wildman–Crippen LogP) is 5.08. The molecule has 1 aromatic heterocycles. The minimum Gasteiger partial charge on any atom is -0.457 e. The number of aromatic nitrogens is 2. The molecule has 2 fully saturated rings. The second-order valence-electron chi connectivity index (χ2n) is 18.0. The van der Waals surface area contributed by atoms with Crippen LogP contribution in [0.2, 0.25) is 0 Å². The molecule has 16 atom stereocenters. The first-order chi connectivity index (χ1) is 29.5. The molecule has 0 unspecified atom stereocenters. The Morgan fingerprint density at radius 2 is 1.54 bits per heavy atom. The third-order valence-corrected chi connectivity index (χ3v) is 12.9. The Morgan fingerprint density at radius 3 is 2.10 bits per heavy atom. The SMILES string of the molecule is CC[C@H]1OC(=O)[C@H](C)[C@@H](O[C@H]2C[C@@](C)(OC)[C@@H](OC(C)=O)[C@H](C)O2)[C@H](C)[C@@H](O[C@@H]2O[C@H](C)C[C@H](NC)[C@H]2OC(C)=O)[C@](C)(OC)C[C@@H](C)C(=O)C(C)=C[C@]1(C)OC(=O)n1ccnc1. The summed E-state index contributed by atoms with van der Waals surface area (Å²) in [7, 11) is 4.78. The lowest BCUT2D eigenvalue weighted by molar-refractivity contribution is -0.318. The van der Waals surface area contributed by atoms with Gasteiger partial charge >= 0.3 is 24.0 Å². The van der Waals surface area contributed by atoms with Gasteiger partial charge in [-0.2, -0.15) is 0 Å². The monoisotopic (exact) mass is 893 g/mol. The van der Waals surface area contributed by atoms with Crippen molar-refractivity contribution in [2.75, 3.05) is 21.3 Å². The molecule has 4 rings (SSSR count). The van der Waals surface area contributed by atoms with Crippen molar-refractivity contribution in [2.24, 2.45) is 17.8 Å². The normalized spacial score (nSPS) is 39.6. The number of methoxy groups -OCH3 is 2. The first kappa shape index (κ1) is 51.9. The maximum Gasteiger partial charge on any atom is 0.420 e. The lowest BCUT2D eigenvalue weighted by atomic mass is 9.76. The zero-order chi connectivity index (χ0) is 47.2. The summed E-state index contributed by atoms with van der Waals surface area (Å²) < 4.78 is 64.2. The number of imidazole rings is 1. The van der Waals surface area contributed by atoms with E-state index in [4.69, 9.17) is 47.4 Å². The van der Waals surface area contributed by atoms with E-state index in [9.17, 15) is 24.0 Å². The van der Waals surface area contributed by atoms with E-state index in [0.29, 0.717) is 6.42 Å². The van der Waals surface area contributed by atoms with E-state index in [1.54, 1.807) is 62.4 Å². The number of nitrogens with zero attached hydrogens (tertiary/aromatic N) is 2. The minimum atomic E-state index is -1.63. The van der Waals surface area contributed by atoms with Crippen molar-refractivity contribution >= 4 is 29.8 Å². The van der Waals surface area contributed by atoms with E-state index in [0.717, 1.165) is 4.57 Å². The summed E-state index contributed by atoms with van der Waals surface area (Å²) in [6.45, 7) is 20.1. The largest absolute Gasteiger partial charge is 0.457 e. The van der Waals surface area contributed by atoms with Gasteiger partial charge in [-0.15, -0.1) is 0 Å². The van der Waals surface area contributed by atoms with Crippen molar-refractivity contribution in [2.45, 2.75) is 187 Å². The smallest absolute Gasteiger partial charge is 0.420 e. The standard InChI is InChI=1S/C45H71N3O15/c1-16-33-43(10,63-42(53)48-18-17-47-23-48)20-24(2)35(51)25(3)21-44(11,54-14)38(62-41-37(58-30(8)49)32(46-13)19-26(4)56-41)27(5)36(28(6)40(52)60-33)61-34-22-45(12,55-15)39(29(7)57-34)59-31(9)50/h17-18,20,23,25-29,32-34,36-39,41,46H,16,19,21-22H2,1-15H3/t25-,26-,27+,28-,29+,32+,33-,34+,36+,37-,38-,39+,41+,43+,44-,45-/m1/s1. The molecule has 3 aliphatic heterocycles. The number of rotatable bonds is 11. The summed E-state index contributed by atoms with van der Waals surface area (Å²) in [6, 6.07) is -0.350. The van der Waals surface area contributed by atoms with Crippen LogP contribution in [-0.2, 0) is 66.5 Å². The van der Waals surface area contributed by atoms with Gasteiger partial charge in [0.2, 0.25) is 0 Å². The van der Waals surface area contributed by atoms with Crippen LogP contribution in [0, 0.1) is 17.8 Å². The first-order valence-electron chi connectivity index (χ1n) is 21.9. The third-order valence-electron chi connectivity index (χ3n) is 12.9. The molecular weight excluding hydrogens is 823 g/mol. The first-order valence-corrected chi connectivity index (χ1v) is 21.9. The number of hydrogen-bond acceptors (Lipinski definition) is 17. The van der Waals surface area contributed by atoms with Gasteiger partial charge in [-0.1, -0.05) is 20.8 Å². The zero-order valence-corrected chi connectivity index (χ0v) is 39.7. The summed E-state index contributed by atoms with van der Waals surface area (Å²) in [6.07, 6.45) is -2.33. The van der Waals surface area contributed by atoms with Gasteiger partial charge in [0.1, 0.15) is 18.0 Å². The Hall–Kier alpha value is -3.78. The number of cyclic esters (lactones) is 1. The van der Waals surface area contributed by atoms with E-state index in [-0.39, 0.29) is 42.8 Å². The highest BCUT2D eigenvalue weighted by Gasteiger charge is 2.54. The molecule has 0 amide bonds. The summed E-state index contributed by atoms with van der Waals surface area (Å²) >= 11 is 0. The molecule has 18 heteroatoms. The number of likely N-dealkylation sites (N-methyl/N-ethyl adjacent to an activating group) is 1. The molecule has 18 nitrogen and oxygen atoms in total. The van der Waals surface area contributed by atoms with Crippen LogP contribution in [0.15, 0.2) is 30.4 Å². The van der Waals surface area contributed by atoms with E-state index in [2.05, 4.69) is 10.3 Å². The fourth-order valence-corrected chi connectivity index (χ4v) is 9.45. The molecule has 0 spiro atoms. The zero-order valence-electron chi connectivity index (χ0n) is 39.7. The van der Waals surface area contributed by atoms with E-state index in [1.165, 1.54) is 52.9 Å². The number of allylic oxidation sites excluding steroid dienone is 1. The third kappa shape index (κ3) is 12.1. The topological polar surface area (TPSA) is 208 Å². The lowest BCUT2D eigenvalue weighted by Gasteiger charge is -2.49. The molecule has 4 heterocycles. The highest BCUT2D eigenvalue weighted by atomic mass is 16.7. The molecule has 1 aromatic rings. The van der Waals surface area contributed by atoms with Crippen LogP contribution in [0.1, 0.15) is 109 Å². The van der Waals surface area contributed by atoms with Crippen LogP contribution in [0.4, 0.5) is 4.79 Å². The van der Waals surface area contributed by atoms with E-state index in [1.807, 2.05) is 13.8 Å². The van der Waals surface area contributed by atoms with Gasteiger partial charge in [0.15, 0.2) is 36.2 Å². The van der Waals surface area contributed by atoms with E-state index < -0.39 is 108 Å². The van der Waals surface area contributed by atoms with Crippen LogP contribution in [0.25, 0.3) is 0 Å². The Labute approximate surface area is 371 Å². The summed E-state index contributed by atoms with van der Waals surface area (Å²) in [4.78, 5) is 71.4. The fourth-order valence-electron chi connectivity index (χ4n) is 9.45. The van der Waals surface area contributed by atoms with Gasteiger partial charge in [0, 0.05) is 58.7 Å². The quantitative estimate of drug-likeness (QED) is 0.227. The number of Topliss-reactive ketones (excluding diaryl/α,β-unsaturated/α-hetero) is 1. The number of esters is 3. The Balaban J connectivity index is 1.92. The molecule has 1 N–H and O–H groups in total. The molecule has 3 aliphatic rings. The highest BCUT2D eigenvalue weighted by Crippen LogP contribution is 2.42. The Kier molecular flexibility index (Phi) is 17.7. The summed E-state index contributed by atoms with van der Waals surface area (Å²) in [5.74, 6) is -4.61. The number of nitrogens with one attached hydrogen (secondary N) is 1. The molecule has 63 heavy (non-hydrogen) atoms. The average Bonchev–Trinajstić information content (AvgIpc) is 3.77. The van der Waals surface area contributed by atoms with Crippen LogP contribution >= 0.6 is 0 Å². The Bertz CT molecular complexity index is 1770. The average molecular weight is 894 g/mol. The minimum absolute atomic E-state index is 0.0843. The number of carbonyl (C=O) groups is 5. The molecule has 0 saturated carbocycles. The van der Waals surface area contributed by atoms with Crippen molar-refractivity contribution < 1.29 is 71.3 Å². The highest BCUT2D eigenvalue weighted by molar-refractivity contribution is 5.96. The van der Waals surface area contributed by atoms with Crippen molar-refractivity contribution in [3.63, 3.8) is 0 Å². The Morgan fingerprint density at radius 1 is 0.905 bits per heavy atom. The molecule has 0 aliphatic carbocycles. The maximum absolute atomic E-state index is 14.8. The van der Waals surface area contributed by atoms with Crippen LogP contribution in [0.5, 0.6) is 0 Å². The second kappa shape index (κ2) is 21.5. The molecule has 2 saturated heterocycles. The van der Waals surface area contributed by atoms with Gasteiger partial charge in [-0.05, 0) is 86.4 Å². The van der Waals surface area contributed by atoms with Crippen molar-refractivity contribution in [3.05, 3.63) is 30.4 Å². The van der Waals surface area contributed by atoms with Crippen molar-refractivity contribution in [1.29, 1.82) is 0 Å². The van der Waals surface area contributed by atoms with Crippen LogP contribution < -0.4 is 5.32 Å². The maximum atomic E-state index is 14.8. The number of ketones is 1. The fraction of sp³-hybridized carbons (Fsp3) is 0.778. The number of carbonyl (C=O) groups excluding carboxylic acids is 5. The van der Waals surface area contributed by atoms with Gasteiger partial charge in [0.05, 0.1) is 42.0 Å². The van der Waals surface area contributed by atoms with Gasteiger partial charge in [-0.3, -0.25) is 19.2 Å². The summed E-state index contributed by atoms with van der Waals surface area (Å²) in [5.41, 5.74) is -3.75. The van der Waals surface area contributed by atoms with Gasteiger partial charge < -0.3 is 52.7 Å². The number of ether oxygens (including phenoxy) is 10. The lowest BCUT2D eigenvalue weighted by Crippen LogP contribution is -2.61. The van der Waals surface area contributed by atoms with Crippen LogP contribution in [-0.4, -0.2) is 139 Å². The molecule has 356 valence electrons. The van der Waals surface area contributed by atoms with Crippen molar-refractivity contribution in [3.8, 4) is 0 Å². The van der Waals surface area contributed by atoms with Gasteiger partial charge in [0.25, 0.3) is 0 Å². The van der Waals surface area contributed by atoms with E-state index >= 15 is 0 Å². The van der Waals surface area contributed by atoms with Crippen molar-refractivity contribution in [1.82, 2.24) is 14.9 Å². The summed E-state index contributed by atoms with van der Waals surface area (Å²) in [5, 5.41) is 3.23. The second-order valence-corrected chi connectivity index (χ2v) is 18.0. The number of hydrogen-bond donors (Lipinski definition) is 1. The van der Waals surface area contributed by atoms with Crippen LogP contribution in [0.3, 0.4) is 0 Å². The predicted molar refractivity (Wildman–Crippen MR) is 226 cm³/mol.